The Bertz CT molecular complexity index is 645. The highest BCUT2D eigenvalue weighted by molar-refractivity contribution is 5.94. The summed E-state index contributed by atoms with van der Waals surface area (Å²) in [4.78, 5) is 15.9. The first-order valence-electron chi connectivity index (χ1n) is 7.33. The van der Waals surface area contributed by atoms with Gasteiger partial charge in [0.2, 0.25) is 0 Å². The van der Waals surface area contributed by atoms with E-state index in [2.05, 4.69) is 10.3 Å². The summed E-state index contributed by atoms with van der Waals surface area (Å²) in [5, 5.41) is 12.3. The van der Waals surface area contributed by atoms with Crippen molar-refractivity contribution in [1.82, 2.24) is 10.3 Å². The molecule has 1 saturated heterocycles. The van der Waals surface area contributed by atoms with Crippen molar-refractivity contribution in [1.29, 1.82) is 0 Å². The molecule has 22 heavy (non-hydrogen) atoms. The predicted octanol–water partition coefficient (Wildman–Crippen LogP) is 2.29. The van der Waals surface area contributed by atoms with Crippen LogP contribution in [0.15, 0.2) is 48.8 Å². The monoisotopic (exact) mass is 298 g/mol. The second-order valence-corrected chi connectivity index (χ2v) is 5.39. The first-order chi connectivity index (χ1) is 10.7. The van der Waals surface area contributed by atoms with Crippen LogP contribution < -0.4 is 5.32 Å². The molecule has 0 radical (unpaired) electrons. The third-order valence-electron chi connectivity index (χ3n) is 3.85. The van der Waals surface area contributed by atoms with Crippen LogP contribution in [0.25, 0.3) is 0 Å². The van der Waals surface area contributed by atoms with Crippen LogP contribution in [0.4, 0.5) is 0 Å². The highest BCUT2D eigenvalue weighted by atomic mass is 16.5. The summed E-state index contributed by atoms with van der Waals surface area (Å²) in [5.41, 5.74) is 1.49. The van der Waals surface area contributed by atoms with Crippen molar-refractivity contribution in [3.05, 3.63) is 59.9 Å². The molecule has 1 aliphatic rings. The smallest absolute Gasteiger partial charge is 0.252 e. The minimum atomic E-state index is -0.234. The van der Waals surface area contributed by atoms with Crippen LogP contribution in [-0.4, -0.2) is 29.1 Å². The second-order valence-electron chi connectivity index (χ2n) is 5.39. The number of aromatic nitrogens is 1. The van der Waals surface area contributed by atoms with E-state index in [1.807, 2.05) is 30.3 Å². The van der Waals surface area contributed by atoms with Gasteiger partial charge in [-0.25, -0.2) is 0 Å². The Morgan fingerprint density at radius 3 is 2.91 bits per heavy atom. The summed E-state index contributed by atoms with van der Waals surface area (Å²) in [6.07, 6.45) is 3.67. The second kappa shape index (κ2) is 6.58. The number of pyridine rings is 1. The van der Waals surface area contributed by atoms with Crippen LogP contribution in [0, 0.1) is 5.92 Å². The summed E-state index contributed by atoms with van der Waals surface area (Å²) in [6.45, 7) is 1.24. The van der Waals surface area contributed by atoms with Crippen molar-refractivity contribution in [2.45, 2.75) is 12.5 Å². The average molecular weight is 298 g/mol. The molecule has 0 aliphatic carbocycles. The number of nitrogens with zero attached hydrogens (tertiary/aromatic N) is 1. The molecule has 1 aromatic carbocycles. The average Bonchev–Trinajstić information content (AvgIpc) is 3.02. The normalized spacial score (nSPS) is 20.7. The molecule has 0 saturated carbocycles. The number of aromatic hydroxyl groups is 1. The van der Waals surface area contributed by atoms with Crippen molar-refractivity contribution in [2.24, 2.45) is 5.92 Å². The van der Waals surface area contributed by atoms with Crippen molar-refractivity contribution in [3.63, 3.8) is 0 Å². The summed E-state index contributed by atoms with van der Waals surface area (Å²) < 4.78 is 5.81. The largest absolute Gasteiger partial charge is 0.506 e. The van der Waals surface area contributed by atoms with Crippen molar-refractivity contribution in [3.8, 4) is 5.75 Å². The molecule has 114 valence electrons. The number of rotatable bonds is 4. The molecule has 0 spiro atoms. The molecule has 0 unspecified atom stereocenters. The molecule has 0 bridgehead atoms. The zero-order valence-corrected chi connectivity index (χ0v) is 12.1. The lowest BCUT2D eigenvalue weighted by Crippen LogP contribution is -2.30. The standard InChI is InChI=1S/C17H18N2O3/c20-15-8-14(9-18-11-15)17(21)19-10-13-6-7-22-16(13)12-4-2-1-3-5-12/h1-5,8-9,11,13,16,20H,6-7,10H2,(H,19,21)/t13-,16-/m1/s1. The Hall–Kier alpha value is -2.40. The van der Waals surface area contributed by atoms with Crippen LogP contribution >= 0.6 is 0 Å². The minimum Gasteiger partial charge on any atom is -0.506 e. The van der Waals surface area contributed by atoms with E-state index in [1.54, 1.807) is 0 Å². The van der Waals surface area contributed by atoms with E-state index in [9.17, 15) is 9.90 Å². The predicted molar refractivity (Wildman–Crippen MR) is 81.5 cm³/mol. The number of amides is 1. The van der Waals surface area contributed by atoms with E-state index in [4.69, 9.17) is 4.74 Å². The molecular formula is C17H18N2O3. The van der Waals surface area contributed by atoms with E-state index >= 15 is 0 Å². The molecule has 2 N–H and O–H groups in total. The fourth-order valence-electron chi connectivity index (χ4n) is 2.73. The third-order valence-corrected chi connectivity index (χ3v) is 3.85. The van der Waals surface area contributed by atoms with E-state index in [0.717, 1.165) is 12.0 Å². The number of benzene rings is 1. The summed E-state index contributed by atoms with van der Waals surface area (Å²) in [5.74, 6) is -0.00209. The Morgan fingerprint density at radius 1 is 1.32 bits per heavy atom. The summed E-state index contributed by atoms with van der Waals surface area (Å²) in [6, 6.07) is 11.5. The molecule has 3 rings (SSSR count). The quantitative estimate of drug-likeness (QED) is 0.908. The van der Waals surface area contributed by atoms with Gasteiger partial charge in [0, 0.05) is 25.3 Å². The van der Waals surface area contributed by atoms with Crippen LogP contribution in [0.3, 0.4) is 0 Å². The highest BCUT2D eigenvalue weighted by Crippen LogP contribution is 2.33. The number of carbonyl (C=O) groups is 1. The van der Waals surface area contributed by atoms with Crippen molar-refractivity contribution >= 4 is 5.91 Å². The molecule has 1 aliphatic heterocycles. The van der Waals surface area contributed by atoms with Gasteiger partial charge in [0.25, 0.3) is 5.91 Å². The fraction of sp³-hybridized carbons (Fsp3) is 0.294. The lowest BCUT2D eigenvalue weighted by Gasteiger charge is -2.19. The van der Waals surface area contributed by atoms with Gasteiger partial charge >= 0.3 is 0 Å². The zero-order chi connectivity index (χ0) is 15.4. The number of carbonyl (C=O) groups excluding carboxylic acids is 1. The van der Waals surface area contributed by atoms with Crippen LogP contribution in [-0.2, 0) is 4.74 Å². The minimum absolute atomic E-state index is 0.0148. The number of nitrogens with one attached hydrogen (secondary N) is 1. The Labute approximate surface area is 129 Å². The number of hydrogen-bond donors (Lipinski definition) is 2. The molecule has 5 heteroatoms. The van der Waals surface area contributed by atoms with Gasteiger partial charge in [0.15, 0.2) is 0 Å². The maximum atomic E-state index is 12.1. The Balaban J connectivity index is 1.62. The van der Waals surface area contributed by atoms with Gasteiger partial charge < -0.3 is 15.2 Å². The molecule has 5 nitrogen and oxygen atoms in total. The Kier molecular flexibility index (Phi) is 4.34. The van der Waals surface area contributed by atoms with E-state index in [0.29, 0.717) is 18.7 Å². The summed E-state index contributed by atoms with van der Waals surface area (Å²) >= 11 is 0. The highest BCUT2D eigenvalue weighted by Gasteiger charge is 2.29. The van der Waals surface area contributed by atoms with Gasteiger partial charge in [0.05, 0.1) is 17.9 Å². The third kappa shape index (κ3) is 3.26. The number of ether oxygens (including phenoxy) is 1. The van der Waals surface area contributed by atoms with Gasteiger partial charge in [-0.2, -0.15) is 0 Å². The van der Waals surface area contributed by atoms with Gasteiger partial charge in [-0.05, 0) is 18.1 Å². The van der Waals surface area contributed by atoms with Crippen molar-refractivity contribution in [2.75, 3.05) is 13.2 Å². The molecule has 2 heterocycles. The molecule has 2 atom stereocenters. The van der Waals surface area contributed by atoms with Crippen LogP contribution in [0.5, 0.6) is 5.75 Å². The van der Waals surface area contributed by atoms with Gasteiger partial charge in [-0.3, -0.25) is 9.78 Å². The molecule has 2 aromatic rings. The van der Waals surface area contributed by atoms with Gasteiger partial charge in [-0.1, -0.05) is 30.3 Å². The Morgan fingerprint density at radius 2 is 2.14 bits per heavy atom. The van der Waals surface area contributed by atoms with Crippen LogP contribution in [0.2, 0.25) is 0 Å². The zero-order valence-electron chi connectivity index (χ0n) is 12.1. The first-order valence-corrected chi connectivity index (χ1v) is 7.33. The first kappa shape index (κ1) is 14.5. The van der Waals surface area contributed by atoms with E-state index in [-0.39, 0.29) is 23.7 Å². The molecule has 1 fully saturated rings. The van der Waals surface area contributed by atoms with Crippen LogP contribution in [0.1, 0.15) is 28.4 Å². The SMILES string of the molecule is O=C(NC[C@H]1CCO[C@@H]1c1ccccc1)c1cncc(O)c1. The number of hydrogen-bond acceptors (Lipinski definition) is 4. The topological polar surface area (TPSA) is 71.5 Å². The molecule has 1 amide bonds. The fourth-order valence-corrected chi connectivity index (χ4v) is 2.73. The van der Waals surface area contributed by atoms with Gasteiger partial charge in [0.1, 0.15) is 5.75 Å². The maximum absolute atomic E-state index is 12.1. The lowest BCUT2D eigenvalue weighted by molar-refractivity contribution is 0.0846. The lowest BCUT2D eigenvalue weighted by atomic mass is 9.95. The van der Waals surface area contributed by atoms with Gasteiger partial charge in [-0.15, -0.1) is 0 Å². The molecule has 1 aromatic heterocycles. The maximum Gasteiger partial charge on any atom is 0.252 e. The molecular weight excluding hydrogens is 280 g/mol. The summed E-state index contributed by atoms with van der Waals surface area (Å²) in [7, 11) is 0. The van der Waals surface area contributed by atoms with E-state index < -0.39 is 0 Å². The van der Waals surface area contributed by atoms with E-state index in [1.165, 1.54) is 18.5 Å². The van der Waals surface area contributed by atoms with Crippen molar-refractivity contribution < 1.29 is 14.6 Å².